The van der Waals surface area contributed by atoms with E-state index in [-0.39, 0.29) is 11.4 Å². The molecule has 0 aliphatic rings. The number of rotatable bonds is 5. The fourth-order valence-corrected chi connectivity index (χ4v) is 2.33. The van der Waals surface area contributed by atoms with Crippen LogP contribution in [0, 0.1) is 0 Å². The molecule has 2 aromatic heterocycles. The minimum Gasteiger partial charge on any atom is -0.468 e. The van der Waals surface area contributed by atoms with Gasteiger partial charge in [-0.3, -0.25) is 4.79 Å². The molecule has 2 aromatic rings. The Morgan fingerprint density at radius 1 is 1.60 bits per heavy atom. The van der Waals surface area contributed by atoms with E-state index in [0.29, 0.717) is 28.8 Å². The largest absolute Gasteiger partial charge is 0.468 e. The summed E-state index contributed by atoms with van der Waals surface area (Å²) in [6, 6.07) is 2.74. The van der Waals surface area contributed by atoms with Crippen molar-refractivity contribution in [1.82, 2.24) is 9.97 Å². The highest BCUT2D eigenvalue weighted by Crippen LogP contribution is 2.22. The van der Waals surface area contributed by atoms with Crippen LogP contribution in [0.4, 0.5) is 5.82 Å². The lowest BCUT2D eigenvalue weighted by molar-refractivity contribution is 0.0524. The lowest BCUT2D eigenvalue weighted by Gasteiger charge is -2.03. The van der Waals surface area contributed by atoms with Crippen LogP contribution in [0.2, 0.25) is 0 Å². The smallest absolute Gasteiger partial charge is 0.341 e. The van der Waals surface area contributed by atoms with Crippen molar-refractivity contribution < 1.29 is 13.9 Å². The zero-order valence-electron chi connectivity index (χ0n) is 10.7. The van der Waals surface area contributed by atoms with Gasteiger partial charge in [0.05, 0.1) is 18.6 Å². The van der Waals surface area contributed by atoms with Crippen molar-refractivity contribution >= 4 is 23.5 Å². The first kappa shape index (κ1) is 14.2. The van der Waals surface area contributed by atoms with E-state index < -0.39 is 5.97 Å². The number of nitrogen functional groups attached to an aromatic ring is 1. The first-order valence-electron chi connectivity index (χ1n) is 5.83. The SMILES string of the molecule is CCOC(=O)c1ccoc1CSc1nc(N)cc(=O)[nH]1. The number of aromatic amines is 1. The maximum Gasteiger partial charge on any atom is 0.341 e. The number of H-pyrrole nitrogens is 1. The van der Waals surface area contributed by atoms with Gasteiger partial charge in [0.2, 0.25) is 0 Å². The zero-order valence-corrected chi connectivity index (χ0v) is 11.5. The van der Waals surface area contributed by atoms with E-state index in [2.05, 4.69) is 9.97 Å². The number of nitrogens with two attached hydrogens (primary N) is 1. The minimum atomic E-state index is -0.439. The van der Waals surface area contributed by atoms with Gasteiger partial charge < -0.3 is 19.9 Å². The Morgan fingerprint density at radius 2 is 2.40 bits per heavy atom. The highest BCUT2D eigenvalue weighted by molar-refractivity contribution is 7.98. The van der Waals surface area contributed by atoms with Crippen molar-refractivity contribution in [2.45, 2.75) is 17.8 Å². The number of hydrogen-bond donors (Lipinski definition) is 2. The van der Waals surface area contributed by atoms with Crippen LogP contribution in [0.3, 0.4) is 0 Å². The maximum atomic E-state index is 11.7. The van der Waals surface area contributed by atoms with Crippen molar-refractivity contribution in [2.24, 2.45) is 0 Å². The molecule has 20 heavy (non-hydrogen) atoms. The topological polar surface area (TPSA) is 111 Å². The number of esters is 1. The number of furan rings is 1. The fourth-order valence-electron chi connectivity index (χ4n) is 1.50. The first-order chi connectivity index (χ1) is 9.60. The molecule has 0 saturated heterocycles. The molecule has 2 heterocycles. The average molecular weight is 295 g/mol. The van der Waals surface area contributed by atoms with E-state index in [4.69, 9.17) is 14.9 Å². The van der Waals surface area contributed by atoms with Crippen LogP contribution in [-0.2, 0) is 10.5 Å². The van der Waals surface area contributed by atoms with Crippen LogP contribution in [0.25, 0.3) is 0 Å². The summed E-state index contributed by atoms with van der Waals surface area (Å²) < 4.78 is 10.2. The zero-order chi connectivity index (χ0) is 14.5. The molecule has 2 rings (SSSR count). The molecule has 0 amide bonds. The Balaban J connectivity index is 2.09. The van der Waals surface area contributed by atoms with Crippen LogP contribution in [-0.4, -0.2) is 22.5 Å². The number of ether oxygens (including phenoxy) is 1. The summed E-state index contributed by atoms with van der Waals surface area (Å²) in [6.45, 7) is 2.02. The van der Waals surface area contributed by atoms with E-state index in [1.54, 1.807) is 13.0 Å². The van der Waals surface area contributed by atoms with Crippen molar-refractivity contribution in [2.75, 3.05) is 12.3 Å². The Morgan fingerprint density at radius 3 is 3.10 bits per heavy atom. The Bertz CT molecular complexity index is 665. The predicted molar refractivity (Wildman–Crippen MR) is 73.5 cm³/mol. The molecule has 7 nitrogen and oxygen atoms in total. The number of nitrogens with one attached hydrogen (secondary N) is 1. The molecule has 3 N–H and O–H groups in total. The molecule has 0 aliphatic heterocycles. The van der Waals surface area contributed by atoms with E-state index in [0.717, 1.165) is 0 Å². The second-order valence-corrected chi connectivity index (χ2v) is 4.71. The molecule has 0 atom stereocenters. The van der Waals surface area contributed by atoms with Crippen molar-refractivity contribution in [3.63, 3.8) is 0 Å². The molecule has 0 radical (unpaired) electrons. The first-order valence-corrected chi connectivity index (χ1v) is 6.82. The monoisotopic (exact) mass is 295 g/mol. The number of carbonyl (C=O) groups excluding carboxylic acids is 1. The van der Waals surface area contributed by atoms with Crippen LogP contribution in [0.15, 0.2) is 32.8 Å². The number of thioether (sulfide) groups is 1. The highest BCUT2D eigenvalue weighted by atomic mass is 32.2. The molecule has 0 unspecified atom stereocenters. The summed E-state index contributed by atoms with van der Waals surface area (Å²) in [5.41, 5.74) is 5.52. The Kier molecular flexibility index (Phi) is 4.46. The number of aromatic nitrogens is 2. The second kappa shape index (κ2) is 6.29. The lowest BCUT2D eigenvalue weighted by Crippen LogP contribution is -2.09. The summed E-state index contributed by atoms with van der Waals surface area (Å²) in [5, 5.41) is 0.362. The van der Waals surface area contributed by atoms with Gasteiger partial charge >= 0.3 is 5.97 Å². The van der Waals surface area contributed by atoms with Crippen LogP contribution in [0.5, 0.6) is 0 Å². The molecule has 106 valence electrons. The molecular weight excluding hydrogens is 282 g/mol. The van der Waals surface area contributed by atoms with Crippen molar-refractivity contribution in [3.8, 4) is 0 Å². The fraction of sp³-hybridized carbons (Fsp3) is 0.250. The van der Waals surface area contributed by atoms with Crippen LogP contribution < -0.4 is 11.3 Å². The standard InChI is InChI=1S/C12H13N3O4S/c1-2-18-11(17)7-3-4-19-8(7)6-20-12-14-9(13)5-10(16)15-12/h3-5H,2,6H2,1H3,(H3,13,14,15,16). The third-order valence-electron chi connectivity index (χ3n) is 2.32. The van der Waals surface area contributed by atoms with Gasteiger partial charge in [-0.25, -0.2) is 9.78 Å². The van der Waals surface area contributed by atoms with Gasteiger partial charge in [0.25, 0.3) is 5.56 Å². The number of nitrogens with zero attached hydrogens (tertiary/aromatic N) is 1. The summed E-state index contributed by atoms with van der Waals surface area (Å²) in [4.78, 5) is 29.4. The lowest BCUT2D eigenvalue weighted by atomic mass is 10.3. The Labute approximate surface area is 118 Å². The summed E-state index contributed by atoms with van der Waals surface area (Å²) >= 11 is 1.21. The van der Waals surface area contributed by atoms with Gasteiger partial charge in [0, 0.05) is 6.07 Å². The normalized spacial score (nSPS) is 10.4. The van der Waals surface area contributed by atoms with Gasteiger partial charge in [0.1, 0.15) is 17.1 Å². The maximum absolute atomic E-state index is 11.7. The highest BCUT2D eigenvalue weighted by Gasteiger charge is 2.16. The number of hydrogen-bond acceptors (Lipinski definition) is 7. The van der Waals surface area contributed by atoms with E-state index in [9.17, 15) is 9.59 Å². The minimum absolute atomic E-state index is 0.140. The van der Waals surface area contributed by atoms with Crippen molar-refractivity contribution in [1.29, 1.82) is 0 Å². The summed E-state index contributed by atoms with van der Waals surface area (Å²) in [5.74, 6) is 0.485. The van der Waals surface area contributed by atoms with E-state index in [1.807, 2.05) is 0 Å². The Hall–Kier alpha value is -2.22. The van der Waals surface area contributed by atoms with Crippen LogP contribution in [0.1, 0.15) is 23.0 Å². The van der Waals surface area contributed by atoms with Gasteiger partial charge in [-0.05, 0) is 13.0 Å². The van der Waals surface area contributed by atoms with Gasteiger partial charge in [-0.2, -0.15) is 0 Å². The average Bonchev–Trinajstić information content (AvgIpc) is 2.84. The molecule has 0 aromatic carbocycles. The third-order valence-corrected chi connectivity index (χ3v) is 3.19. The molecule has 8 heteroatoms. The predicted octanol–water partition coefficient (Wildman–Crippen LogP) is 1.41. The van der Waals surface area contributed by atoms with Crippen LogP contribution >= 0.6 is 11.8 Å². The van der Waals surface area contributed by atoms with Crippen molar-refractivity contribution in [3.05, 3.63) is 40.1 Å². The van der Waals surface area contributed by atoms with Gasteiger partial charge in [-0.1, -0.05) is 11.8 Å². The van der Waals surface area contributed by atoms with E-state index in [1.165, 1.54) is 24.1 Å². The van der Waals surface area contributed by atoms with Gasteiger partial charge in [-0.15, -0.1) is 0 Å². The molecule has 0 fully saturated rings. The number of carbonyl (C=O) groups is 1. The molecule has 0 saturated carbocycles. The molecule has 0 aliphatic carbocycles. The number of anilines is 1. The summed E-state index contributed by atoms with van der Waals surface area (Å²) in [7, 11) is 0. The molecular formula is C12H13N3O4S. The molecule has 0 bridgehead atoms. The summed E-state index contributed by atoms with van der Waals surface area (Å²) in [6.07, 6.45) is 1.41. The van der Waals surface area contributed by atoms with Gasteiger partial charge in [0.15, 0.2) is 5.16 Å². The molecule has 0 spiro atoms. The third kappa shape index (κ3) is 3.41. The second-order valence-electron chi connectivity index (χ2n) is 3.74. The quantitative estimate of drug-likeness (QED) is 0.487. The van der Waals surface area contributed by atoms with E-state index >= 15 is 0 Å².